The lowest BCUT2D eigenvalue weighted by Crippen LogP contribution is -2.41. The number of carbonyl (C=O) groups is 2. The van der Waals surface area contributed by atoms with E-state index in [-0.39, 0.29) is 18.3 Å². The van der Waals surface area contributed by atoms with Gasteiger partial charge in [-0.3, -0.25) is 9.59 Å². The monoisotopic (exact) mass is 419 g/mol. The molecule has 0 radical (unpaired) electrons. The van der Waals surface area contributed by atoms with Gasteiger partial charge in [0.15, 0.2) is 11.5 Å². The molecule has 1 amide bonds. The summed E-state index contributed by atoms with van der Waals surface area (Å²) < 4.78 is 15.8. The Morgan fingerprint density at radius 2 is 1.65 bits per heavy atom. The Labute approximate surface area is 181 Å². The van der Waals surface area contributed by atoms with Gasteiger partial charge in [0, 0.05) is 12.1 Å². The minimum absolute atomic E-state index is 0.0678. The largest absolute Gasteiger partial charge is 0.493 e. The molecule has 0 aromatic heterocycles. The van der Waals surface area contributed by atoms with E-state index >= 15 is 0 Å². The number of hydrogen-bond donors (Lipinski definition) is 0. The van der Waals surface area contributed by atoms with Crippen LogP contribution in [0.25, 0.3) is 10.8 Å². The number of rotatable bonds is 5. The zero-order valence-corrected chi connectivity index (χ0v) is 17.9. The molecule has 1 atom stereocenters. The summed E-state index contributed by atoms with van der Waals surface area (Å²) >= 11 is 0. The van der Waals surface area contributed by atoms with Gasteiger partial charge in [0.1, 0.15) is 0 Å². The van der Waals surface area contributed by atoms with Crippen LogP contribution >= 0.6 is 0 Å². The van der Waals surface area contributed by atoms with E-state index in [4.69, 9.17) is 14.2 Å². The van der Waals surface area contributed by atoms with Crippen LogP contribution in [-0.4, -0.2) is 44.7 Å². The SMILES string of the molecule is COC(=O)C[C@H]1c2cc(OC)c(OC)cc2CCN1C(=O)c1ccc2ccccc2c1. The molecule has 3 aromatic carbocycles. The van der Waals surface area contributed by atoms with Crippen molar-refractivity contribution in [2.45, 2.75) is 18.9 Å². The number of amides is 1. The summed E-state index contributed by atoms with van der Waals surface area (Å²) in [4.78, 5) is 27.5. The highest BCUT2D eigenvalue weighted by Crippen LogP contribution is 2.40. The molecule has 31 heavy (non-hydrogen) atoms. The third-order valence-corrected chi connectivity index (χ3v) is 5.85. The first-order valence-electron chi connectivity index (χ1n) is 10.2. The minimum atomic E-state index is -0.449. The van der Waals surface area contributed by atoms with Crippen LogP contribution in [0.5, 0.6) is 11.5 Å². The molecule has 0 saturated heterocycles. The van der Waals surface area contributed by atoms with Crippen molar-refractivity contribution in [1.82, 2.24) is 4.90 Å². The van der Waals surface area contributed by atoms with Gasteiger partial charge in [-0.1, -0.05) is 30.3 Å². The third kappa shape index (κ3) is 3.93. The van der Waals surface area contributed by atoms with Gasteiger partial charge in [-0.15, -0.1) is 0 Å². The predicted octanol–water partition coefficient (Wildman–Crippen LogP) is 4.16. The number of hydrogen-bond acceptors (Lipinski definition) is 5. The Balaban J connectivity index is 1.75. The molecule has 160 valence electrons. The Morgan fingerprint density at radius 3 is 2.35 bits per heavy atom. The highest BCUT2D eigenvalue weighted by molar-refractivity contribution is 5.99. The molecule has 6 nitrogen and oxygen atoms in total. The van der Waals surface area contributed by atoms with Gasteiger partial charge in [-0.05, 0) is 52.6 Å². The Morgan fingerprint density at radius 1 is 0.935 bits per heavy atom. The normalized spacial score (nSPS) is 15.3. The maximum absolute atomic E-state index is 13.5. The standard InChI is InChI=1S/C25H25NO5/c1-29-22-13-18-10-11-26(21(15-24(27)31-3)20(18)14-23(22)30-2)25(28)19-9-8-16-6-4-5-7-17(16)12-19/h4-9,12-14,21H,10-11,15H2,1-3H3/t21-/m0/s1. The van der Waals surface area contributed by atoms with Gasteiger partial charge in [-0.2, -0.15) is 0 Å². The molecule has 1 aliphatic rings. The minimum Gasteiger partial charge on any atom is -0.493 e. The van der Waals surface area contributed by atoms with E-state index in [1.54, 1.807) is 19.1 Å². The van der Waals surface area contributed by atoms with Crippen molar-refractivity contribution in [2.75, 3.05) is 27.9 Å². The molecule has 4 rings (SSSR count). The van der Waals surface area contributed by atoms with E-state index in [9.17, 15) is 9.59 Å². The molecule has 0 N–H and O–H groups in total. The molecule has 0 saturated carbocycles. The molecule has 0 aliphatic carbocycles. The van der Waals surface area contributed by atoms with Crippen LogP contribution in [-0.2, 0) is 16.0 Å². The molecule has 1 heterocycles. The zero-order chi connectivity index (χ0) is 22.0. The first-order chi connectivity index (χ1) is 15.0. The van der Waals surface area contributed by atoms with Crippen LogP contribution < -0.4 is 9.47 Å². The summed E-state index contributed by atoms with van der Waals surface area (Å²) in [6.45, 7) is 0.496. The number of nitrogens with zero attached hydrogens (tertiary/aromatic N) is 1. The topological polar surface area (TPSA) is 65.1 Å². The average molecular weight is 419 g/mol. The van der Waals surface area contributed by atoms with Crippen molar-refractivity contribution >= 4 is 22.6 Å². The molecule has 3 aromatic rings. The Kier molecular flexibility index (Phi) is 5.80. The van der Waals surface area contributed by atoms with Crippen LogP contribution in [0.2, 0.25) is 0 Å². The number of esters is 1. The molecule has 0 bridgehead atoms. The van der Waals surface area contributed by atoms with Crippen molar-refractivity contribution < 1.29 is 23.8 Å². The fourth-order valence-electron chi connectivity index (χ4n) is 4.22. The van der Waals surface area contributed by atoms with E-state index in [2.05, 4.69) is 0 Å². The number of benzene rings is 3. The van der Waals surface area contributed by atoms with Crippen LogP contribution in [0.4, 0.5) is 0 Å². The lowest BCUT2D eigenvalue weighted by Gasteiger charge is -2.37. The van der Waals surface area contributed by atoms with Crippen molar-refractivity contribution in [3.05, 3.63) is 71.3 Å². The number of methoxy groups -OCH3 is 3. The van der Waals surface area contributed by atoms with Crippen LogP contribution in [0.1, 0.15) is 33.9 Å². The maximum atomic E-state index is 13.5. The van der Waals surface area contributed by atoms with Gasteiger partial charge in [-0.25, -0.2) is 0 Å². The second-order valence-electron chi connectivity index (χ2n) is 7.51. The summed E-state index contributed by atoms with van der Waals surface area (Å²) in [5.41, 5.74) is 2.51. The van der Waals surface area contributed by atoms with Gasteiger partial charge >= 0.3 is 5.97 Å². The third-order valence-electron chi connectivity index (χ3n) is 5.85. The smallest absolute Gasteiger partial charge is 0.307 e. The summed E-state index contributed by atoms with van der Waals surface area (Å²) in [5.74, 6) is 0.715. The first kappa shape index (κ1) is 20.7. The van der Waals surface area contributed by atoms with Gasteiger partial charge in [0.2, 0.25) is 0 Å². The fraction of sp³-hybridized carbons (Fsp3) is 0.280. The predicted molar refractivity (Wildman–Crippen MR) is 118 cm³/mol. The van der Waals surface area contributed by atoms with E-state index in [0.717, 1.165) is 21.9 Å². The number of ether oxygens (including phenoxy) is 3. The summed E-state index contributed by atoms with van der Waals surface area (Å²) in [7, 11) is 4.52. The highest BCUT2D eigenvalue weighted by Gasteiger charge is 2.34. The molecule has 0 spiro atoms. The molecular weight excluding hydrogens is 394 g/mol. The lowest BCUT2D eigenvalue weighted by molar-refractivity contribution is -0.141. The van der Waals surface area contributed by atoms with Crippen LogP contribution in [0.15, 0.2) is 54.6 Å². The van der Waals surface area contributed by atoms with E-state index in [1.165, 1.54) is 7.11 Å². The fourth-order valence-corrected chi connectivity index (χ4v) is 4.22. The number of carbonyl (C=O) groups excluding carboxylic acids is 2. The van der Waals surface area contributed by atoms with E-state index < -0.39 is 6.04 Å². The first-order valence-corrected chi connectivity index (χ1v) is 10.2. The average Bonchev–Trinajstić information content (AvgIpc) is 2.82. The van der Waals surface area contributed by atoms with E-state index in [1.807, 2.05) is 54.6 Å². The van der Waals surface area contributed by atoms with E-state index in [0.29, 0.717) is 30.0 Å². The maximum Gasteiger partial charge on any atom is 0.307 e. The number of fused-ring (bicyclic) bond motifs is 2. The molecule has 0 fully saturated rings. The summed E-state index contributed by atoms with van der Waals surface area (Å²) in [5, 5.41) is 2.08. The second-order valence-corrected chi connectivity index (χ2v) is 7.51. The molecule has 0 unspecified atom stereocenters. The lowest BCUT2D eigenvalue weighted by atomic mass is 9.89. The summed E-state index contributed by atoms with van der Waals surface area (Å²) in [6.07, 6.45) is 0.727. The van der Waals surface area contributed by atoms with Crippen molar-refractivity contribution in [1.29, 1.82) is 0 Å². The molecular formula is C25H25NO5. The summed E-state index contributed by atoms with van der Waals surface area (Å²) in [6, 6.07) is 17.0. The quantitative estimate of drug-likeness (QED) is 0.581. The highest BCUT2D eigenvalue weighted by atomic mass is 16.5. The van der Waals surface area contributed by atoms with Crippen molar-refractivity contribution in [3.63, 3.8) is 0 Å². The zero-order valence-electron chi connectivity index (χ0n) is 17.9. The Bertz CT molecular complexity index is 1140. The van der Waals surface area contributed by atoms with Crippen molar-refractivity contribution in [3.8, 4) is 11.5 Å². The Hall–Kier alpha value is -3.54. The molecule has 6 heteroatoms. The van der Waals surface area contributed by atoms with Crippen molar-refractivity contribution in [2.24, 2.45) is 0 Å². The van der Waals surface area contributed by atoms with Gasteiger partial charge in [0.05, 0.1) is 33.8 Å². The van der Waals surface area contributed by atoms with Gasteiger partial charge in [0.25, 0.3) is 5.91 Å². The van der Waals surface area contributed by atoms with Gasteiger partial charge < -0.3 is 19.1 Å². The van der Waals surface area contributed by atoms with Crippen LogP contribution in [0.3, 0.4) is 0 Å². The molecule has 1 aliphatic heterocycles. The van der Waals surface area contributed by atoms with Crippen LogP contribution in [0, 0.1) is 0 Å². The second kappa shape index (κ2) is 8.68.